The Morgan fingerprint density at radius 1 is 1.09 bits per heavy atom. The maximum absolute atomic E-state index is 13.5. The van der Waals surface area contributed by atoms with Gasteiger partial charge in [-0.05, 0) is 48.6 Å². The zero-order chi connectivity index (χ0) is 23.4. The monoisotopic (exact) mass is 466 g/mol. The minimum atomic E-state index is -0.625. The van der Waals surface area contributed by atoms with E-state index in [4.69, 9.17) is 16.0 Å². The fourth-order valence-electron chi connectivity index (χ4n) is 3.64. The van der Waals surface area contributed by atoms with Crippen molar-refractivity contribution in [3.05, 3.63) is 71.1 Å². The first-order valence-corrected chi connectivity index (χ1v) is 11.5. The van der Waals surface area contributed by atoms with Crippen molar-refractivity contribution in [2.24, 2.45) is 5.92 Å². The Morgan fingerprint density at radius 2 is 1.79 bits per heavy atom. The summed E-state index contributed by atoms with van der Waals surface area (Å²) in [6.45, 7) is 4.07. The highest BCUT2D eigenvalue weighted by molar-refractivity contribution is 6.30. The van der Waals surface area contributed by atoms with Crippen molar-refractivity contribution in [2.75, 3.05) is 0 Å². The molecule has 172 valence electrons. The van der Waals surface area contributed by atoms with Crippen LogP contribution in [0.1, 0.15) is 38.1 Å². The van der Waals surface area contributed by atoms with E-state index in [9.17, 15) is 9.59 Å². The van der Waals surface area contributed by atoms with Gasteiger partial charge in [-0.2, -0.15) is 0 Å². The van der Waals surface area contributed by atoms with Gasteiger partial charge in [-0.25, -0.2) is 0 Å². The van der Waals surface area contributed by atoms with Crippen LogP contribution in [0.25, 0.3) is 11.5 Å². The lowest BCUT2D eigenvalue weighted by Gasteiger charge is -2.29. The minimum Gasteiger partial charge on any atom is -0.419 e. The summed E-state index contributed by atoms with van der Waals surface area (Å²) < 4.78 is 5.82. The lowest BCUT2D eigenvalue weighted by Crippen LogP contribution is -2.52. The van der Waals surface area contributed by atoms with Crippen LogP contribution in [0.3, 0.4) is 0 Å². The topological polar surface area (TPSA) is 88.3 Å². The fraction of sp³-hybridized carbons (Fsp3) is 0.360. The molecule has 8 heteroatoms. The molecule has 0 radical (unpaired) electrons. The van der Waals surface area contributed by atoms with E-state index in [1.807, 2.05) is 44.2 Å². The van der Waals surface area contributed by atoms with Crippen molar-refractivity contribution in [1.82, 2.24) is 20.4 Å². The first kappa shape index (κ1) is 23.0. The Kier molecular flexibility index (Phi) is 7.08. The molecule has 1 atom stereocenters. The van der Waals surface area contributed by atoms with Gasteiger partial charge in [0.25, 0.3) is 0 Å². The molecule has 2 aromatic carbocycles. The van der Waals surface area contributed by atoms with Gasteiger partial charge in [0.1, 0.15) is 6.04 Å². The van der Waals surface area contributed by atoms with E-state index in [2.05, 4.69) is 15.5 Å². The number of hydrogen-bond donors (Lipinski definition) is 1. The van der Waals surface area contributed by atoms with Gasteiger partial charge in [0.05, 0.1) is 13.0 Å². The average molecular weight is 467 g/mol. The van der Waals surface area contributed by atoms with E-state index in [-0.39, 0.29) is 36.7 Å². The number of aromatic nitrogens is 2. The van der Waals surface area contributed by atoms with E-state index in [1.54, 1.807) is 29.2 Å². The Balaban J connectivity index is 1.45. The van der Waals surface area contributed by atoms with E-state index in [0.717, 1.165) is 24.0 Å². The SMILES string of the molecule is CC(C)C(NC(=O)Cc1ccccc1)C(=O)N(Cc1nnc(-c2ccc(Cl)cc2)o1)C1CC1. The van der Waals surface area contributed by atoms with E-state index >= 15 is 0 Å². The summed E-state index contributed by atoms with van der Waals surface area (Å²) in [5.41, 5.74) is 1.67. The van der Waals surface area contributed by atoms with Crippen molar-refractivity contribution in [3.8, 4) is 11.5 Å². The second-order valence-electron chi connectivity index (χ2n) is 8.66. The highest BCUT2D eigenvalue weighted by Gasteiger charge is 2.38. The Labute approximate surface area is 198 Å². The number of hydrogen-bond acceptors (Lipinski definition) is 5. The summed E-state index contributed by atoms with van der Waals surface area (Å²) in [6, 6.07) is 16.1. The van der Waals surface area contributed by atoms with E-state index in [1.165, 1.54) is 0 Å². The summed E-state index contributed by atoms with van der Waals surface area (Å²) >= 11 is 5.95. The van der Waals surface area contributed by atoms with Crippen molar-refractivity contribution in [2.45, 2.75) is 51.7 Å². The molecule has 1 aliphatic rings. The van der Waals surface area contributed by atoms with Crippen LogP contribution in [0.4, 0.5) is 0 Å². The molecule has 1 aromatic heterocycles. The van der Waals surface area contributed by atoms with Crippen LogP contribution in [0.5, 0.6) is 0 Å². The molecule has 4 rings (SSSR count). The van der Waals surface area contributed by atoms with Crippen LogP contribution >= 0.6 is 11.6 Å². The second kappa shape index (κ2) is 10.2. The first-order valence-electron chi connectivity index (χ1n) is 11.1. The van der Waals surface area contributed by atoms with Crippen molar-refractivity contribution in [1.29, 1.82) is 0 Å². The molecule has 1 heterocycles. The Morgan fingerprint density at radius 3 is 2.42 bits per heavy atom. The fourth-order valence-corrected chi connectivity index (χ4v) is 3.77. The summed E-state index contributed by atoms with van der Waals surface area (Å²) in [5.74, 6) is 0.373. The van der Waals surface area contributed by atoms with Gasteiger partial charge < -0.3 is 14.6 Å². The molecular weight excluding hydrogens is 440 g/mol. The first-order chi connectivity index (χ1) is 15.9. The summed E-state index contributed by atoms with van der Waals surface area (Å²) in [4.78, 5) is 27.9. The van der Waals surface area contributed by atoms with Crippen LogP contribution in [-0.4, -0.2) is 39.0 Å². The molecule has 1 N–H and O–H groups in total. The predicted molar refractivity (Wildman–Crippen MR) is 125 cm³/mol. The van der Waals surface area contributed by atoms with Gasteiger partial charge >= 0.3 is 0 Å². The zero-order valence-electron chi connectivity index (χ0n) is 18.7. The van der Waals surface area contributed by atoms with E-state index in [0.29, 0.717) is 16.8 Å². The van der Waals surface area contributed by atoms with Crippen molar-refractivity contribution in [3.63, 3.8) is 0 Å². The zero-order valence-corrected chi connectivity index (χ0v) is 19.5. The molecule has 1 saturated carbocycles. The van der Waals surface area contributed by atoms with Gasteiger partial charge in [0.15, 0.2) is 0 Å². The summed E-state index contributed by atoms with van der Waals surface area (Å²) in [5, 5.41) is 11.8. The smallest absolute Gasteiger partial charge is 0.247 e. The van der Waals surface area contributed by atoms with Crippen LogP contribution in [0.15, 0.2) is 59.0 Å². The maximum atomic E-state index is 13.5. The van der Waals surface area contributed by atoms with Gasteiger partial charge in [-0.3, -0.25) is 9.59 Å². The normalized spacial score (nSPS) is 14.2. The predicted octanol–water partition coefficient (Wildman–Crippen LogP) is 4.26. The number of halogens is 1. The molecule has 0 saturated heterocycles. The lowest BCUT2D eigenvalue weighted by atomic mass is 10.0. The number of nitrogens with one attached hydrogen (secondary N) is 1. The number of nitrogens with zero attached hydrogens (tertiary/aromatic N) is 3. The molecule has 1 unspecified atom stereocenters. The maximum Gasteiger partial charge on any atom is 0.247 e. The third-order valence-corrected chi connectivity index (χ3v) is 5.84. The van der Waals surface area contributed by atoms with E-state index < -0.39 is 6.04 Å². The number of carbonyl (C=O) groups is 2. The third-order valence-electron chi connectivity index (χ3n) is 5.59. The molecule has 3 aromatic rings. The molecule has 33 heavy (non-hydrogen) atoms. The number of rotatable bonds is 9. The highest BCUT2D eigenvalue weighted by Crippen LogP contribution is 2.30. The van der Waals surface area contributed by atoms with Crippen LogP contribution in [0.2, 0.25) is 5.02 Å². The Hall–Kier alpha value is -3.19. The molecule has 0 bridgehead atoms. The average Bonchev–Trinajstić information content (AvgIpc) is 3.54. The van der Waals surface area contributed by atoms with Crippen LogP contribution < -0.4 is 5.32 Å². The molecular formula is C25H27ClN4O3. The standard InChI is InChI=1S/C25H27ClN4O3/c1-16(2)23(27-21(31)14-17-6-4-3-5-7-17)25(32)30(20-12-13-20)15-22-28-29-24(33-22)18-8-10-19(26)11-9-18/h3-11,16,20,23H,12-15H2,1-2H3,(H,27,31). The molecule has 1 fully saturated rings. The number of benzene rings is 2. The number of carbonyl (C=O) groups excluding carboxylic acids is 2. The highest BCUT2D eigenvalue weighted by atomic mass is 35.5. The molecule has 7 nitrogen and oxygen atoms in total. The van der Waals surface area contributed by atoms with Gasteiger partial charge in [-0.15, -0.1) is 10.2 Å². The van der Waals surface area contributed by atoms with Crippen LogP contribution in [-0.2, 0) is 22.6 Å². The van der Waals surface area contributed by atoms with Crippen molar-refractivity contribution >= 4 is 23.4 Å². The molecule has 0 spiro atoms. The minimum absolute atomic E-state index is 0.0641. The van der Waals surface area contributed by atoms with Gasteiger partial charge in [0, 0.05) is 16.6 Å². The molecule has 2 amide bonds. The summed E-state index contributed by atoms with van der Waals surface area (Å²) in [7, 11) is 0. The largest absolute Gasteiger partial charge is 0.419 e. The van der Waals surface area contributed by atoms with Gasteiger partial charge in [0.2, 0.25) is 23.6 Å². The summed E-state index contributed by atoms with van der Waals surface area (Å²) in [6.07, 6.45) is 2.08. The quantitative estimate of drug-likeness (QED) is 0.509. The van der Waals surface area contributed by atoms with Crippen LogP contribution in [0, 0.1) is 5.92 Å². The van der Waals surface area contributed by atoms with Crippen molar-refractivity contribution < 1.29 is 14.0 Å². The third kappa shape index (κ3) is 5.99. The lowest BCUT2D eigenvalue weighted by molar-refractivity contribution is -0.139. The molecule has 1 aliphatic carbocycles. The number of amides is 2. The van der Waals surface area contributed by atoms with Gasteiger partial charge in [-0.1, -0.05) is 55.8 Å². The second-order valence-corrected chi connectivity index (χ2v) is 9.09. The molecule has 0 aliphatic heterocycles. The Bertz CT molecular complexity index is 1090.